The average molecular weight is 280 g/mol. The van der Waals surface area contributed by atoms with Gasteiger partial charge in [-0.05, 0) is 46.9 Å². The van der Waals surface area contributed by atoms with Crippen LogP contribution in [-0.2, 0) is 4.79 Å². The Morgan fingerprint density at radius 1 is 1.33 bits per heavy atom. The van der Waals surface area contributed by atoms with Crippen molar-refractivity contribution in [3.63, 3.8) is 0 Å². The molecule has 1 aromatic carbocycles. The molecule has 0 radical (unpaired) electrons. The van der Waals surface area contributed by atoms with Crippen molar-refractivity contribution in [2.75, 3.05) is 0 Å². The highest BCUT2D eigenvalue weighted by atomic mass is 127. The van der Waals surface area contributed by atoms with Crippen molar-refractivity contribution in [1.82, 2.24) is 0 Å². The minimum Gasteiger partial charge on any atom is -0.508 e. The van der Waals surface area contributed by atoms with Gasteiger partial charge >= 0.3 is 0 Å². The zero-order valence-corrected chi connectivity index (χ0v) is 8.65. The van der Waals surface area contributed by atoms with E-state index < -0.39 is 5.97 Å². The molecule has 2 N–H and O–H groups in total. The summed E-state index contributed by atoms with van der Waals surface area (Å²) < 4.78 is 1.14. The van der Waals surface area contributed by atoms with Crippen molar-refractivity contribution < 1.29 is 15.0 Å². The van der Waals surface area contributed by atoms with Crippen LogP contribution in [0.3, 0.4) is 0 Å². The van der Waals surface area contributed by atoms with E-state index in [1.807, 2.05) is 12.1 Å². The molecule has 0 fully saturated rings. The molecule has 0 aliphatic carbocycles. The molecule has 0 amide bonds. The third-order valence-electron chi connectivity index (χ3n) is 0.827. The van der Waals surface area contributed by atoms with Gasteiger partial charge in [0, 0.05) is 10.5 Å². The van der Waals surface area contributed by atoms with E-state index in [2.05, 4.69) is 22.6 Å². The molecule has 0 aliphatic heterocycles. The average Bonchev–Trinajstić information content (AvgIpc) is 1.94. The highest BCUT2D eigenvalue weighted by molar-refractivity contribution is 14.1. The predicted octanol–water partition coefficient (Wildman–Crippen LogP) is 2.09. The summed E-state index contributed by atoms with van der Waals surface area (Å²) in [5, 5.41) is 16.2. The Balaban J connectivity index is 0.000000261. The van der Waals surface area contributed by atoms with Crippen LogP contribution in [0.4, 0.5) is 0 Å². The number of carbonyl (C=O) groups is 1. The molecule has 0 bridgehead atoms. The number of hydrogen-bond acceptors (Lipinski definition) is 2. The van der Waals surface area contributed by atoms with E-state index in [0.717, 1.165) is 10.5 Å². The molecule has 0 unspecified atom stereocenters. The number of benzene rings is 1. The third kappa shape index (κ3) is 7.33. The van der Waals surface area contributed by atoms with E-state index in [-0.39, 0.29) is 0 Å². The smallest absolute Gasteiger partial charge is 0.300 e. The summed E-state index contributed by atoms with van der Waals surface area (Å²) >= 11 is 2.19. The standard InChI is InChI=1S/C6H5IO.C2H4O2/c7-5-1-3-6(8)4-2-5;1-2(3)4/h1-4,8H;1H3,(H,3,4). The van der Waals surface area contributed by atoms with Crippen molar-refractivity contribution in [1.29, 1.82) is 0 Å². The van der Waals surface area contributed by atoms with Gasteiger partial charge in [0.15, 0.2) is 0 Å². The van der Waals surface area contributed by atoms with Gasteiger partial charge in [-0.3, -0.25) is 4.79 Å². The minimum atomic E-state index is -0.833. The number of carboxylic acid groups (broad SMARTS) is 1. The normalized spacial score (nSPS) is 8.17. The Kier molecular flexibility index (Phi) is 5.44. The van der Waals surface area contributed by atoms with E-state index >= 15 is 0 Å². The monoisotopic (exact) mass is 280 g/mol. The fourth-order valence-electron chi connectivity index (χ4n) is 0.441. The Hall–Kier alpha value is -0.780. The Labute approximate surface area is 84.2 Å². The minimum absolute atomic E-state index is 0.324. The molecular formula is C8H9IO3. The molecule has 0 saturated heterocycles. The number of aromatic hydroxyl groups is 1. The lowest BCUT2D eigenvalue weighted by Crippen LogP contribution is -1.78. The topological polar surface area (TPSA) is 57.5 Å². The number of phenols is 1. The number of carboxylic acids is 1. The van der Waals surface area contributed by atoms with Gasteiger partial charge in [0.05, 0.1) is 0 Å². The van der Waals surface area contributed by atoms with Crippen LogP contribution in [0.15, 0.2) is 24.3 Å². The second-order valence-corrected chi connectivity index (χ2v) is 3.24. The lowest BCUT2D eigenvalue weighted by Gasteiger charge is -1.87. The van der Waals surface area contributed by atoms with Crippen molar-refractivity contribution in [3.8, 4) is 5.75 Å². The number of halogens is 1. The first-order chi connectivity index (χ1) is 5.52. The van der Waals surface area contributed by atoms with Gasteiger partial charge in [0.1, 0.15) is 5.75 Å². The van der Waals surface area contributed by atoms with Gasteiger partial charge in [-0.15, -0.1) is 0 Å². The van der Waals surface area contributed by atoms with Gasteiger partial charge in [-0.25, -0.2) is 0 Å². The molecule has 0 heterocycles. The molecule has 0 atom stereocenters. The lowest BCUT2D eigenvalue weighted by atomic mass is 10.3. The van der Waals surface area contributed by atoms with Gasteiger partial charge in [-0.1, -0.05) is 0 Å². The Morgan fingerprint density at radius 3 is 1.92 bits per heavy atom. The molecule has 0 spiro atoms. The van der Waals surface area contributed by atoms with Crippen molar-refractivity contribution >= 4 is 28.6 Å². The number of aliphatic carboxylic acids is 1. The molecule has 0 aromatic heterocycles. The predicted molar refractivity (Wildman–Crippen MR) is 54.1 cm³/mol. The van der Waals surface area contributed by atoms with Crippen LogP contribution in [0.1, 0.15) is 6.92 Å². The Bertz CT molecular complexity index is 218. The quantitative estimate of drug-likeness (QED) is 0.715. The van der Waals surface area contributed by atoms with Crippen LogP contribution in [0, 0.1) is 3.57 Å². The zero-order valence-electron chi connectivity index (χ0n) is 6.49. The number of rotatable bonds is 0. The van der Waals surface area contributed by atoms with E-state index in [0.29, 0.717) is 5.75 Å². The third-order valence-corrected chi connectivity index (χ3v) is 1.55. The highest BCUT2D eigenvalue weighted by Crippen LogP contribution is 2.10. The van der Waals surface area contributed by atoms with E-state index in [1.165, 1.54) is 0 Å². The molecule has 0 aliphatic rings. The summed E-state index contributed by atoms with van der Waals surface area (Å²) in [5.74, 6) is -0.509. The summed E-state index contributed by atoms with van der Waals surface area (Å²) in [7, 11) is 0. The van der Waals surface area contributed by atoms with Gasteiger partial charge in [0.25, 0.3) is 5.97 Å². The summed E-state index contributed by atoms with van der Waals surface area (Å²) in [5.41, 5.74) is 0. The molecule has 4 heteroatoms. The van der Waals surface area contributed by atoms with Crippen LogP contribution in [-0.4, -0.2) is 16.2 Å². The fourth-order valence-corrected chi connectivity index (χ4v) is 0.801. The molecule has 12 heavy (non-hydrogen) atoms. The number of phenolic OH excluding ortho intramolecular Hbond substituents is 1. The molecular weight excluding hydrogens is 271 g/mol. The lowest BCUT2D eigenvalue weighted by molar-refractivity contribution is -0.134. The second-order valence-electron chi connectivity index (χ2n) is 2.00. The van der Waals surface area contributed by atoms with E-state index in [1.54, 1.807) is 12.1 Å². The van der Waals surface area contributed by atoms with Crippen LogP contribution in [0.2, 0.25) is 0 Å². The first-order valence-electron chi connectivity index (χ1n) is 3.16. The maximum Gasteiger partial charge on any atom is 0.300 e. The van der Waals surface area contributed by atoms with E-state index in [4.69, 9.17) is 15.0 Å². The first-order valence-corrected chi connectivity index (χ1v) is 4.24. The van der Waals surface area contributed by atoms with Gasteiger partial charge in [0.2, 0.25) is 0 Å². The van der Waals surface area contributed by atoms with Crippen molar-refractivity contribution in [2.24, 2.45) is 0 Å². The van der Waals surface area contributed by atoms with Crippen LogP contribution >= 0.6 is 22.6 Å². The highest BCUT2D eigenvalue weighted by Gasteiger charge is 1.83. The van der Waals surface area contributed by atoms with Crippen LogP contribution in [0.5, 0.6) is 5.75 Å². The largest absolute Gasteiger partial charge is 0.508 e. The molecule has 3 nitrogen and oxygen atoms in total. The summed E-state index contributed by atoms with van der Waals surface area (Å²) in [4.78, 5) is 9.00. The Morgan fingerprint density at radius 2 is 1.67 bits per heavy atom. The van der Waals surface area contributed by atoms with Crippen molar-refractivity contribution in [2.45, 2.75) is 6.92 Å². The molecule has 1 aromatic rings. The number of hydrogen-bond donors (Lipinski definition) is 2. The maximum absolute atomic E-state index is 9.00. The second kappa shape index (κ2) is 5.82. The summed E-state index contributed by atoms with van der Waals surface area (Å²) in [6, 6.07) is 7.05. The van der Waals surface area contributed by atoms with Crippen LogP contribution < -0.4 is 0 Å². The molecule has 1 rings (SSSR count). The fraction of sp³-hybridized carbons (Fsp3) is 0.125. The van der Waals surface area contributed by atoms with Crippen molar-refractivity contribution in [3.05, 3.63) is 27.8 Å². The van der Waals surface area contributed by atoms with Gasteiger partial charge < -0.3 is 10.2 Å². The summed E-state index contributed by atoms with van der Waals surface area (Å²) in [6.45, 7) is 1.08. The summed E-state index contributed by atoms with van der Waals surface area (Å²) in [6.07, 6.45) is 0. The molecule has 0 saturated carbocycles. The van der Waals surface area contributed by atoms with Crippen LogP contribution in [0.25, 0.3) is 0 Å². The SMILES string of the molecule is CC(=O)O.Oc1ccc(I)cc1. The zero-order chi connectivity index (χ0) is 9.56. The first kappa shape index (κ1) is 11.2. The molecule has 66 valence electrons. The van der Waals surface area contributed by atoms with E-state index in [9.17, 15) is 0 Å². The van der Waals surface area contributed by atoms with Gasteiger partial charge in [-0.2, -0.15) is 0 Å². The maximum atomic E-state index is 9.00.